The molecule has 0 aromatic carbocycles. The second-order valence-corrected chi connectivity index (χ2v) is 25.7. The molecular weight excluding hydrogens is 1130 g/mol. The molecule has 19 heteroatoms. The molecule has 0 spiro atoms. The molecule has 0 bridgehead atoms. The van der Waals surface area contributed by atoms with Crippen LogP contribution >= 0.6 is 0 Å². The first-order valence-electron chi connectivity index (χ1n) is 35.6. The van der Waals surface area contributed by atoms with Crippen molar-refractivity contribution in [2.75, 3.05) is 26.4 Å². The quantitative estimate of drug-likeness (QED) is 0.0199. The summed E-state index contributed by atoms with van der Waals surface area (Å²) in [6.07, 6.45) is 32.0. The smallest absolute Gasteiger partial charge is 0.220 e. The molecule has 17 unspecified atom stereocenters. The standard InChI is InChI=1S/C69H129NO18/c1-3-5-7-9-11-13-15-16-17-18-19-20-21-22-23-24-25-26-27-28-29-30-31-32-33-34-35-37-38-40-42-44-46-53(74)52(70-57(75)47-45-43-41-39-36-14-12-10-8-6-4-2)51-83-67-63(81)60(78)65(55(49-72)85-67)88-69-64(82)61(79)66(56(50-73)86-69)87-68-62(80)59(77)58(76)54(48-71)84-68/h10,12,44,46,52-56,58-69,71-74,76-82H,3-9,11,13-43,45,47-51H2,1-2H3,(H,70,75)/b12-10-,46-44+. The van der Waals surface area contributed by atoms with Crippen molar-refractivity contribution in [2.45, 2.75) is 381 Å². The van der Waals surface area contributed by atoms with Crippen LogP contribution in [0.2, 0.25) is 0 Å². The number of ether oxygens (including phenoxy) is 6. The summed E-state index contributed by atoms with van der Waals surface area (Å²) in [7, 11) is 0. The van der Waals surface area contributed by atoms with E-state index >= 15 is 0 Å². The Bertz CT molecular complexity index is 1690. The molecule has 19 nitrogen and oxygen atoms in total. The van der Waals surface area contributed by atoms with Gasteiger partial charge in [0.2, 0.25) is 5.91 Å². The average Bonchev–Trinajstić information content (AvgIpc) is 2.16. The number of hydrogen-bond acceptors (Lipinski definition) is 18. The van der Waals surface area contributed by atoms with Crippen LogP contribution in [0.5, 0.6) is 0 Å². The van der Waals surface area contributed by atoms with Crippen molar-refractivity contribution >= 4 is 5.91 Å². The molecule has 3 aliphatic heterocycles. The van der Waals surface area contributed by atoms with Crippen molar-refractivity contribution in [3.8, 4) is 0 Å². The first-order chi connectivity index (χ1) is 42.8. The Morgan fingerprint density at radius 3 is 1.14 bits per heavy atom. The van der Waals surface area contributed by atoms with Gasteiger partial charge >= 0.3 is 0 Å². The van der Waals surface area contributed by atoms with Crippen LogP contribution in [0.1, 0.15) is 277 Å². The summed E-state index contributed by atoms with van der Waals surface area (Å²) in [6, 6.07) is -0.975. The van der Waals surface area contributed by atoms with E-state index in [4.69, 9.17) is 28.4 Å². The van der Waals surface area contributed by atoms with Crippen molar-refractivity contribution in [1.82, 2.24) is 5.32 Å². The lowest BCUT2D eigenvalue weighted by Gasteiger charge is -2.48. The van der Waals surface area contributed by atoms with Gasteiger partial charge < -0.3 is 89.9 Å². The number of rotatable bonds is 55. The van der Waals surface area contributed by atoms with Crippen LogP contribution in [0.15, 0.2) is 24.3 Å². The zero-order chi connectivity index (χ0) is 64.0. The maximum Gasteiger partial charge on any atom is 0.220 e. The number of aliphatic hydroxyl groups is 11. The second-order valence-electron chi connectivity index (χ2n) is 25.7. The summed E-state index contributed by atoms with van der Waals surface area (Å²) in [4.78, 5) is 13.3. The normalized spacial score (nSPS) is 28.5. The molecule has 0 aromatic rings. The molecule has 88 heavy (non-hydrogen) atoms. The van der Waals surface area contributed by atoms with E-state index < -0.39 is 124 Å². The average molecular weight is 1260 g/mol. The minimum absolute atomic E-state index is 0.234. The molecule has 0 aliphatic carbocycles. The Kier molecular flexibility index (Phi) is 47.3. The summed E-state index contributed by atoms with van der Waals surface area (Å²) < 4.78 is 34.3. The number of carbonyl (C=O) groups excluding carboxylic acids is 1. The van der Waals surface area contributed by atoms with Crippen LogP contribution in [-0.2, 0) is 33.2 Å². The number of hydrogen-bond donors (Lipinski definition) is 12. The molecule has 3 rings (SSSR count). The van der Waals surface area contributed by atoms with Gasteiger partial charge in [-0.05, 0) is 38.5 Å². The van der Waals surface area contributed by atoms with Crippen LogP contribution in [0.25, 0.3) is 0 Å². The van der Waals surface area contributed by atoms with Gasteiger partial charge in [0, 0.05) is 6.42 Å². The highest BCUT2D eigenvalue weighted by Gasteiger charge is 2.53. The van der Waals surface area contributed by atoms with Crippen LogP contribution in [0, 0.1) is 0 Å². The van der Waals surface area contributed by atoms with Crippen molar-refractivity contribution in [1.29, 1.82) is 0 Å². The Balaban J connectivity index is 1.36. The summed E-state index contributed by atoms with van der Waals surface area (Å²) in [6.45, 7) is 1.70. The zero-order valence-electron chi connectivity index (χ0n) is 54.7. The number of aliphatic hydroxyl groups excluding tert-OH is 11. The molecular formula is C69H129NO18. The van der Waals surface area contributed by atoms with E-state index in [1.54, 1.807) is 6.08 Å². The molecule has 3 fully saturated rings. The van der Waals surface area contributed by atoms with E-state index in [-0.39, 0.29) is 18.9 Å². The van der Waals surface area contributed by atoms with Gasteiger partial charge in [-0.25, -0.2) is 0 Å². The highest BCUT2D eigenvalue weighted by Crippen LogP contribution is 2.33. The van der Waals surface area contributed by atoms with Crippen LogP contribution in [0.3, 0.4) is 0 Å². The largest absolute Gasteiger partial charge is 0.394 e. The van der Waals surface area contributed by atoms with Gasteiger partial charge in [-0.3, -0.25) is 4.79 Å². The van der Waals surface area contributed by atoms with E-state index in [1.165, 1.54) is 186 Å². The monoisotopic (exact) mass is 1260 g/mol. The first-order valence-corrected chi connectivity index (χ1v) is 35.6. The van der Waals surface area contributed by atoms with Crippen molar-refractivity contribution in [3.63, 3.8) is 0 Å². The predicted octanol–water partition coefficient (Wildman–Crippen LogP) is 9.44. The Hall–Kier alpha value is -1.73. The number of amides is 1. The molecule has 17 atom stereocenters. The fourth-order valence-corrected chi connectivity index (χ4v) is 12.2. The van der Waals surface area contributed by atoms with Crippen LogP contribution < -0.4 is 5.32 Å². The maximum absolute atomic E-state index is 13.3. The highest BCUT2D eigenvalue weighted by atomic mass is 16.8. The first kappa shape index (κ1) is 80.5. The molecule has 1 amide bonds. The third-order valence-corrected chi connectivity index (χ3v) is 18.0. The van der Waals surface area contributed by atoms with Gasteiger partial charge in [0.05, 0.1) is 38.6 Å². The van der Waals surface area contributed by atoms with Gasteiger partial charge in [0.1, 0.15) is 73.2 Å². The topological polar surface area (TPSA) is 307 Å². The van der Waals surface area contributed by atoms with Gasteiger partial charge in [-0.2, -0.15) is 0 Å². The molecule has 3 saturated heterocycles. The minimum atomic E-state index is -1.98. The Morgan fingerprint density at radius 2 is 0.727 bits per heavy atom. The Labute approximate surface area is 530 Å². The lowest BCUT2D eigenvalue weighted by Crippen LogP contribution is -2.66. The van der Waals surface area contributed by atoms with E-state index in [0.29, 0.717) is 6.42 Å². The number of nitrogens with one attached hydrogen (secondary N) is 1. The van der Waals surface area contributed by atoms with E-state index in [2.05, 4.69) is 31.3 Å². The SMILES string of the molecule is CCCC/C=C\CCCCCCCC(=O)NC(COC1OC(CO)C(OC2OC(CO)C(OC3OC(CO)C(O)C(O)C3O)C(O)C2O)C(O)C1O)C(O)/C=C/CCCCCCCCCCCCCCCCCCCCCCCCCCCCCCCC. The molecule has 518 valence electrons. The lowest BCUT2D eigenvalue weighted by molar-refractivity contribution is -0.379. The fraction of sp³-hybridized carbons (Fsp3) is 0.928. The lowest BCUT2D eigenvalue weighted by atomic mass is 9.96. The molecule has 3 aliphatic rings. The zero-order valence-corrected chi connectivity index (χ0v) is 54.7. The summed E-state index contributed by atoms with van der Waals surface area (Å²) in [5.74, 6) is -0.284. The van der Waals surface area contributed by atoms with Gasteiger partial charge in [0.15, 0.2) is 18.9 Å². The third kappa shape index (κ3) is 33.4. The summed E-state index contributed by atoms with van der Waals surface area (Å²) >= 11 is 0. The maximum atomic E-state index is 13.3. The third-order valence-electron chi connectivity index (χ3n) is 18.0. The van der Waals surface area contributed by atoms with Gasteiger partial charge in [-0.1, -0.05) is 256 Å². The fourth-order valence-electron chi connectivity index (χ4n) is 12.2. The van der Waals surface area contributed by atoms with Crippen molar-refractivity contribution in [3.05, 3.63) is 24.3 Å². The molecule has 0 aromatic heterocycles. The molecule has 0 saturated carbocycles. The highest BCUT2D eigenvalue weighted by molar-refractivity contribution is 5.76. The van der Waals surface area contributed by atoms with Crippen LogP contribution in [-0.4, -0.2) is 193 Å². The molecule has 0 radical (unpaired) electrons. The molecule has 3 heterocycles. The van der Waals surface area contributed by atoms with E-state index in [0.717, 1.165) is 64.2 Å². The summed E-state index contributed by atoms with van der Waals surface area (Å²) in [5.41, 5.74) is 0. The van der Waals surface area contributed by atoms with Crippen molar-refractivity contribution < 1.29 is 89.4 Å². The van der Waals surface area contributed by atoms with E-state index in [1.807, 2.05) is 6.08 Å². The minimum Gasteiger partial charge on any atom is -0.394 e. The predicted molar refractivity (Wildman–Crippen MR) is 342 cm³/mol. The number of allylic oxidation sites excluding steroid dienone is 3. The second kappa shape index (κ2) is 51.7. The van der Waals surface area contributed by atoms with Crippen LogP contribution in [0.4, 0.5) is 0 Å². The number of unbranched alkanes of at least 4 members (excludes halogenated alkanes) is 37. The Morgan fingerprint density at radius 1 is 0.398 bits per heavy atom. The summed E-state index contributed by atoms with van der Waals surface area (Å²) in [5, 5.41) is 120. The van der Waals surface area contributed by atoms with Gasteiger partial charge in [0.25, 0.3) is 0 Å². The van der Waals surface area contributed by atoms with E-state index in [9.17, 15) is 61.0 Å². The van der Waals surface area contributed by atoms with Gasteiger partial charge in [-0.15, -0.1) is 0 Å². The van der Waals surface area contributed by atoms with Crippen molar-refractivity contribution in [2.24, 2.45) is 0 Å². The number of carbonyl (C=O) groups is 1. The molecule has 12 N–H and O–H groups in total.